The molecule has 1 aliphatic heterocycles. The van der Waals surface area contributed by atoms with Crippen LogP contribution in [0.2, 0.25) is 5.02 Å². The lowest BCUT2D eigenvalue weighted by atomic mass is 9.94. The Bertz CT molecular complexity index is 881. The van der Waals surface area contributed by atoms with E-state index in [1.807, 2.05) is 31.2 Å². The number of anilines is 1. The van der Waals surface area contributed by atoms with Gasteiger partial charge in [0.1, 0.15) is 5.75 Å². The van der Waals surface area contributed by atoms with Crippen LogP contribution in [0, 0.1) is 0 Å². The number of amides is 1. The second-order valence-corrected chi connectivity index (χ2v) is 6.65. The molecule has 1 heterocycles. The Balaban J connectivity index is 1.94. The van der Waals surface area contributed by atoms with Crippen LogP contribution in [0.25, 0.3) is 0 Å². The zero-order chi connectivity index (χ0) is 18.7. The third-order valence-corrected chi connectivity index (χ3v) is 4.51. The molecule has 1 amide bonds. The molecule has 3 rings (SSSR count). The van der Waals surface area contributed by atoms with Crippen LogP contribution in [-0.2, 0) is 4.79 Å². The lowest BCUT2D eigenvalue weighted by Crippen LogP contribution is -2.45. The first-order chi connectivity index (χ1) is 12.5. The SMILES string of the molecule is COc1cccc(C2NC(=S)NC(C)=C2C(=O)Nc2ccc(Cl)cc2)c1. The molecular weight excluding hydrogens is 370 g/mol. The summed E-state index contributed by atoms with van der Waals surface area (Å²) in [4.78, 5) is 13.0. The first-order valence-electron chi connectivity index (χ1n) is 7.97. The summed E-state index contributed by atoms with van der Waals surface area (Å²) in [5.74, 6) is 0.490. The molecule has 2 aromatic carbocycles. The zero-order valence-electron chi connectivity index (χ0n) is 14.3. The number of thiocarbonyl (C=S) groups is 1. The largest absolute Gasteiger partial charge is 0.497 e. The monoisotopic (exact) mass is 387 g/mol. The van der Waals surface area contributed by atoms with Crippen molar-refractivity contribution in [2.45, 2.75) is 13.0 Å². The molecule has 1 unspecified atom stereocenters. The van der Waals surface area contributed by atoms with Gasteiger partial charge in [0.25, 0.3) is 5.91 Å². The number of carbonyl (C=O) groups is 1. The average Bonchev–Trinajstić information content (AvgIpc) is 2.63. The highest BCUT2D eigenvalue weighted by atomic mass is 35.5. The van der Waals surface area contributed by atoms with Gasteiger partial charge in [0.2, 0.25) is 0 Å². The van der Waals surface area contributed by atoms with Crippen molar-refractivity contribution >= 4 is 40.5 Å². The van der Waals surface area contributed by atoms with Crippen LogP contribution < -0.4 is 20.7 Å². The third-order valence-electron chi connectivity index (χ3n) is 4.04. The van der Waals surface area contributed by atoms with Gasteiger partial charge in [-0.1, -0.05) is 23.7 Å². The Labute approximate surface area is 162 Å². The summed E-state index contributed by atoms with van der Waals surface area (Å²) < 4.78 is 5.30. The van der Waals surface area contributed by atoms with Gasteiger partial charge in [-0.05, 0) is 61.1 Å². The molecule has 26 heavy (non-hydrogen) atoms. The Hall–Kier alpha value is -2.57. The van der Waals surface area contributed by atoms with Gasteiger partial charge in [-0.2, -0.15) is 0 Å². The van der Waals surface area contributed by atoms with Crippen molar-refractivity contribution in [3.05, 3.63) is 70.4 Å². The third kappa shape index (κ3) is 3.98. The number of hydrogen-bond donors (Lipinski definition) is 3. The molecule has 0 saturated carbocycles. The number of carbonyl (C=O) groups excluding carboxylic acids is 1. The lowest BCUT2D eigenvalue weighted by Gasteiger charge is -2.30. The van der Waals surface area contributed by atoms with Crippen LogP contribution in [0.4, 0.5) is 5.69 Å². The molecule has 0 aromatic heterocycles. The Morgan fingerprint density at radius 1 is 1.23 bits per heavy atom. The van der Waals surface area contributed by atoms with E-state index in [0.29, 0.717) is 32.8 Å². The minimum absolute atomic E-state index is 0.222. The number of hydrogen-bond acceptors (Lipinski definition) is 3. The van der Waals surface area contributed by atoms with Gasteiger partial charge < -0.3 is 20.7 Å². The number of benzene rings is 2. The topological polar surface area (TPSA) is 62.4 Å². The number of ether oxygens (including phenoxy) is 1. The van der Waals surface area contributed by atoms with E-state index in [1.165, 1.54) is 0 Å². The van der Waals surface area contributed by atoms with Crippen LogP contribution in [0.15, 0.2) is 59.8 Å². The Morgan fingerprint density at radius 2 is 1.96 bits per heavy atom. The standard InChI is InChI=1S/C19H18ClN3O2S/c1-11-16(18(24)22-14-8-6-13(20)7-9-14)17(23-19(26)21-11)12-4-3-5-15(10-12)25-2/h3-10,17H,1-2H3,(H,22,24)(H2,21,23,26). The normalized spacial score (nSPS) is 16.6. The second kappa shape index (κ2) is 7.76. The van der Waals surface area contributed by atoms with Crippen molar-refractivity contribution in [3.63, 3.8) is 0 Å². The van der Waals surface area contributed by atoms with E-state index >= 15 is 0 Å². The number of methoxy groups -OCH3 is 1. The van der Waals surface area contributed by atoms with Crippen molar-refractivity contribution in [2.75, 3.05) is 12.4 Å². The van der Waals surface area contributed by atoms with Crippen molar-refractivity contribution in [3.8, 4) is 5.75 Å². The van der Waals surface area contributed by atoms with Crippen LogP contribution in [0.5, 0.6) is 5.75 Å². The molecule has 0 aliphatic carbocycles. The predicted molar refractivity (Wildman–Crippen MR) is 107 cm³/mol. The van der Waals surface area contributed by atoms with E-state index in [-0.39, 0.29) is 11.9 Å². The van der Waals surface area contributed by atoms with Crippen molar-refractivity contribution in [2.24, 2.45) is 0 Å². The van der Waals surface area contributed by atoms with E-state index in [4.69, 9.17) is 28.6 Å². The molecule has 0 bridgehead atoms. The fourth-order valence-corrected chi connectivity index (χ4v) is 3.19. The van der Waals surface area contributed by atoms with Gasteiger partial charge >= 0.3 is 0 Å². The lowest BCUT2D eigenvalue weighted by molar-refractivity contribution is -0.113. The van der Waals surface area contributed by atoms with Gasteiger partial charge in [0.05, 0.1) is 18.7 Å². The minimum atomic E-state index is -0.383. The molecule has 0 spiro atoms. The fourth-order valence-electron chi connectivity index (χ4n) is 2.80. The maximum Gasteiger partial charge on any atom is 0.255 e. The second-order valence-electron chi connectivity index (χ2n) is 5.81. The summed E-state index contributed by atoms with van der Waals surface area (Å²) >= 11 is 11.2. The summed E-state index contributed by atoms with van der Waals surface area (Å²) in [6.45, 7) is 1.83. The van der Waals surface area contributed by atoms with Gasteiger partial charge in [-0.25, -0.2) is 0 Å². The summed E-state index contributed by atoms with van der Waals surface area (Å²) in [5, 5.41) is 10.2. The fraction of sp³-hybridized carbons (Fsp3) is 0.158. The summed E-state index contributed by atoms with van der Waals surface area (Å²) in [6, 6.07) is 14.1. The molecule has 0 fully saturated rings. The van der Waals surface area contributed by atoms with Crippen molar-refractivity contribution < 1.29 is 9.53 Å². The highest BCUT2D eigenvalue weighted by Crippen LogP contribution is 2.29. The number of rotatable bonds is 4. The van der Waals surface area contributed by atoms with Crippen LogP contribution in [0.1, 0.15) is 18.5 Å². The molecular formula is C19H18ClN3O2S. The number of halogens is 1. The van der Waals surface area contributed by atoms with Crippen molar-refractivity contribution in [1.29, 1.82) is 0 Å². The quantitative estimate of drug-likeness (QED) is 0.697. The smallest absolute Gasteiger partial charge is 0.255 e. The van der Waals surface area contributed by atoms with Gasteiger partial charge in [-0.3, -0.25) is 4.79 Å². The first-order valence-corrected chi connectivity index (χ1v) is 8.75. The Morgan fingerprint density at radius 3 is 2.65 bits per heavy atom. The van der Waals surface area contributed by atoms with Crippen molar-refractivity contribution in [1.82, 2.24) is 10.6 Å². The van der Waals surface area contributed by atoms with Gasteiger partial charge in [0, 0.05) is 16.4 Å². The summed E-state index contributed by atoms with van der Waals surface area (Å²) in [7, 11) is 1.61. The summed E-state index contributed by atoms with van der Waals surface area (Å²) in [6.07, 6.45) is 0. The zero-order valence-corrected chi connectivity index (χ0v) is 15.9. The molecule has 0 saturated heterocycles. The molecule has 7 heteroatoms. The van der Waals surface area contributed by atoms with Gasteiger partial charge in [0.15, 0.2) is 5.11 Å². The highest BCUT2D eigenvalue weighted by molar-refractivity contribution is 7.80. The minimum Gasteiger partial charge on any atom is -0.497 e. The van der Waals surface area contributed by atoms with E-state index < -0.39 is 0 Å². The molecule has 1 atom stereocenters. The Kier molecular flexibility index (Phi) is 5.44. The summed E-state index contributed by atoms with van der Waals surface area (Å²) in [5.41, 5.74) is 2.81. The van der Waals surface area contributed by atoms with Crippen LogP contribution in [0.3, 0.4) is 0 Å². The van der Waals surface area contributed by atoms with E-state index in [9.17, 15) is 4.79 Å². The first kappa shape index (κ1) is 18.2. The molecule has 134 valence electrons. The molecule has 5 nitrogen and oxygen atoms in total. The molecule has 1 aliphatic rings. The maximum absolute atomic E-state index is 13.0. The van der Waals surface area contributed by atoms with Crippen LogP contribution in [-0.4, -0.2) is 18.1 Å². The van der Waals surface area contributed by atoms with E-state index in [1.54, 1.807) is 31.4 Å². The maximum atomic E-state index is 13.0. The molecule has 3 N–H and O–H groups in total. The van der Waals surface area contributed by atoms with Crippen LogP contribution >= 0.6 is 23.8 Å². The molecule has 2 aromatic rings. The van der Waals surface area contributed by atoms with Gasteiger partial charge in [-0.15, -0.1) is 0 Å². The highest BCUT2D eigenvalue weighted by Gasteiger charge is 2.30. The molecule has 0 radical (unpaired) electrons. The number of allylic oxidation sites excluding steroid dienone is 1. The number of nitrogens with one attached hydrogen (secondary N) is 3. The van der Waals surface area contributed by atoms with E-state index in [2.05, 4.69) is 16.0 Å². The predicted octanol–water partition coefficient (Wildman–Crippen LogP) is 3.78. The van der Waals surface area contributed by atoms with E-state index in [0.717, 1.165) is 5.56 Å². The average molecular weight is 388 g/mol.